The summed E-state index contributed by atoms with van der Waals surface area (Å²) in [7, 11) is 0. The smallest absolute Gasteiger partial charge is 0.265 e. The molecule has 0 bridgehead atoms. The Morgan fingerprint density at radius 1 is 1.21 bits per heavy atom. The van der Waals surface area contributed by atoms with Crippen LogP contribution in [0, 0.1) is 5.82 Å². The Kier molecular flexibility index (Phi) is 2.96. The lowest BCUT2D eigenvalue weighted by Gasteiger charge is -2.06. The maximum atomic E-state index is 13.1. The average molecular weight is 292 g/mol. The van der Waals surface area contributed by atoms with Crippen molar-refractivity contribution < 1.29 is 9.18 Å². The molecule has 96 valence electrons. The molecule has 19 heavy (non-hydrogen) atoms. The molecule has 0 aliphatic carbocycles. The van der Waals surface area contributed by atoms with Crippen LogP contribution in [0.5, 0.6) is 0 Å². The topological polar surface area (TPSA) is 55.1 Å². The number of fused-ring (bicyclic) bond motifs is 1. The van der Waals surface area contributed by atoms with Crippen molar-refractivity contribution in [2.45, 2.75) is 0 Å². The third kappa shape index (κ3) is 2.32. The van der Waals surface area contributed by atoms with Crippen molar-refractivity contribution >= 4 is 49.4 Å². The zero-order chi connectivity index (χ0) is 13.4. The molecule has 3 nitrogen and oxygen atoms in total. The molecule has 3 N–H and O–H groups in total. The Morgan fingerprint density at radius 3 is 2.84 bits per heavy atom. The number of hydrogen-bond donors (Lipinski definition) is 2. The van der Waals surface area contributed by atoms with Gasteiger partial charge in [0, 0.05) is 9.40 Å². The summed E-state index contributed by atoms with van der Waals surface area (Å²) in [5.41, 5.74) is 6.33. The van der Waals surface area contributed by atoms with Crippen LogP contribution < -0.4 is 11.1 Å². The van der Waals surface area contributed by atoms with Crippen LogP contribution in [0.3, 0.4) is 0 Å². The summed E-state index contributed by atoms with van der Waals surface area (Å²) in [6.07, 6.45) is 0. The summed E-state index contributed by atoms with van der Waals surface area (Å²) >= 11 is 2.99. The molecule has 0 radical (unpaired) electrons. The predicted molar refractivity (Wildman–Crippen MR) is 78.5 cm³/mol. The fourth-order valence-electron chi connectivity index (χ4n) is 1.70. The molecule has 0 aliphatic heterocycles. The average Bonchev–Trinajstić information content (AvgIpc) is 2.94. The zero-order valence-corrected chi connectivity index (χ0v) is 11.3. The number of carbonyl (C=O) groups is 1. The van der Waals surface area contributed by atoms with Crippen LogP contribution in [0.4, 0.5) is 15.8 Å². The first kappa shape index (κ1) is 12.1. The largest absolute Gasteiger partial charge is 0.397 e. The van der Waals surface area contributed by atoms with Gasteiger partial charge in [0.1, 0.15) is 5.82 Å². The van der Waals surface area contributed by atoms with Crippen molar-refractivity contribution in [3.05, 3.63) is 46.4 Å². The molecule has 0 spiro atoms. The van der Waals surface area contributed by atoms with Crippen LogP contribution >= 0.6 is 22.7 Å². The van der Waals surface area contributed by atoms with E-state index in [-0.39, 0.29) is 5.91 Å². The molecule has 0 saturated heterocycles. The molecule has 3 aromatic rings. The van der Waals surface area contributed by atoms with Gasteiger partial charge in [0.25, 0.3) is 5.91 Å². The summed E-state index contributed by atoms with van der Waals surface area (Å²) in [5, 5.41) is 4.61. The third-order valence-corrected chi connectivity index (χ3v) is 4.72. The Balaban J connectivity index is 1.88. The molecule has 0 aliphatic rings. The van der Waals surface area contributed by atoms with E-state index < -0.39 is 5.82 Å². The van der Waals surface area contributed by atoms with E-state index in [1.54, 1.807) is 11.3 Å². The number of carbonyl (C=O) groups excluding carboxylic acids is 1. The molecule has 2 heterocycles. The highest BCUT2D eigenvalue weighted by Gasteiger charge is 2.12. The highest BCUT2D eigenvalue weighted by Crippen LogP contribution is 2.30. The minimum absolute atomic E-state index is 0.272. The maximum Gasteiger partial charge on any atom is 0.265 e. The van der Waals surface area contributed by atoms with Gasteiger partial charge in [-0.15, -0.1) is 22.7 Å². The van der Waals surface area contributed by atoms with E-state index >= 15 is 0 Å². The first-order valence-corrected chi connectivity index (χ1v) is 7.16. The van der Waals surface area contributed by atoms with E-state index in [1.165, 1.54) is 29.5 Å². The number of nitrogens with two attached hydrogens (primary N) is 1. The van der Waals surface area contributed by atoms with Crippen molar-refractivity contribution in [2.24, 2.45) is 0 Å². The number of hydrogen-bond acceptors (Lipinski definition) is 4. The summed E-state index contributed by atoms with van der Waals surface area (Å²) in [5.74, 6) is -0.706. The van der Waals surface area contributed by atoms with Gasteiger partial charge in [-0.25, -0.2) is 4.39 Å². The van der Waals surface area contributed by atoms with Gasteiger partial charge in [-0.1, -0.05) is 0 Å². The number of halogens is 1. The Morgan fingerprint density at radius 2 is 2.05 bits per heavy atom. The molecule has 6 heteroatoms. The lowest BCUT2D eigenvalue weighted by molar-refractivity contribution is 0.103. The minimum Gasteiger partial charge on any atom is -0.397 e. The Hall–Kier alpha value is -1.92. The maximum absolute atomic E-state index is 13.1. The van der Waals surface area contributed by atoms with Crippen LogP contribution in [0.15, 0.2) is 35.7 Å². The van der Waals surface area contributed by atoms with Crippen LogP contribution in [-0.2, 0) is 0 Å². The van der Waals surface area contributed by atoms with Crippen LogP contribution in [0.1, 0.15) is 9.67 Å². The normalized spacial score (nSPS) is 10.8. The number of thiophene rings is 2. The van der Waals surface area contributed by atoms with Crippen molar-refractivity contribution in [3.8, 4) is 0 Å². The Labute approximate surface area is 116 Å². The van der Waals surface area contributed by atoms with Gasteiger partial charge in [-0.05, 0) is 35.7 Å². The molecule has 3 rings (SSSR count). The van der Waals surface area contributed by atoms with Gasteiger partial charge in [-0.2, -0.15) is 0 Å². The quantitative estimate of drug-likeness (QED) is 0.703. The van der Waals surface area contributed by atoms with Crippen molar-refractivity contribution in [3.63, 3.8) is 0 Å². The molecule has 0 fully saturated rings. The van der Waals surface area contributed by atoms with E-state index in [2.05, 4.69) is 5.32 Å². The fourth-order valence-corrected chi connectivity index (χ4v) is 3.70. The lowest BCUT2D eigenvalue weighted by Crippen LogP contribution is -2.11. The summed E-state index contributed by atoms with van der Waals surface area (Å²) in [4.78, 5) is 12.7. The number of anilines is 2. The van der Waals surface area contributed by atoms with E-state index in [0.29, 0.717) is 16.3 Å². The van der Waals surface area contributed by atoms with Gasteiger partial charge in [0.2, 0.25) is 0 Å². The fraction of sp³-hybridized carbons (Fsp3) is 0. The molecule has 1 aromatic carbocycles. The molecule has 2 aromatic heterocycles. The molecular formula is C13H9FN2OS2. The molecule has 0 unspecified atom stereocenters. The zero-order valence-electron chi connectivity index (χ0n) is 9.64. The summed E-state index contributed by atoms with van der Waals surface area (Å²) in [6, 6.07) is 7.70. The van der Waals surface area contributed by atoms with Gasteiger partial charge >= 0.3 is 0 Å². The first-order valence-electron chi connectivity index (χ1n) is 5.47. The summed E-state index contributed by atoms with van der Waals surface area (Å²) < 4.78 is 15.3. The van der Waals surface area contributed by atoms with Gasteiger partial charge < -0.3 is 11.1 Å². The van der Waals surface area contributed by atoms with E-state index in [4.69, 9.17) is 5.73 Å². The predicted octanol–water partition coefficient (Wildman–Crippen LogP) is 3.94. The number of nitrogen functional groups attached to an aromatic ring is 1. The molecule has 1 amide bonds. The van der Waals surface area contributed by atoms with Gasteiger partial charge in [0.15, 0.2) is 0 Å². The summed E-state index contributed by atoms with van der Waals surface area (Å²) in [6.45, 7) is 0. The molecule has 0 saturated carbocycles. The monoisotopic (exact) mass is 292 g/mol. The van der Waals surface area contributed by atoms with E-state index in [1.807, 2.05) is 17.5 Å². The van der Waals surface area contributed by atoms with Crippen molar-refractivity contribution in [1.82, 2.24) is 0 Å². The lowest BCUT2D eigenvalue weighted by atomic mass is 10.2. The number of nitrogens with one attached hydrogen (secondary N) is 1. The van der Waals surface area contributed by atoms with Crippen LogP contribution in [0.2, 0.25) is 0 Å². The van der Waals surface area contributed by atoms with Gasteiger partial charge in [-0.3, -0.25) is 4.79 Å². The standard InChI is InChI=1S/C13H9FN2OS2/c14-7-1-2-8(15)9(5-7)16-13(17)12-6-11-10(19-12)3-4-18-11/h1-6H,15H2,(H,16,17). The molecule has 0 atom stereocenters. The first-order chi connectivity index (χ1) is 9.13. The van der Waals surface area contributed by atoms with Crippen molar-refractivity contribution in [1.29, 1.82) is 0 Å². The molecular weight excluding hydrogens is 283 g/mol. The number of benzene rings is 1. The number of amides is 1. The second-order valence-corrected chi connectivity index (χ2v) is 5.98. The third-order valence-electron chi connectivity index (χ3n) is 2.63. The van der Waals surface area contributed by atoms with Gasteiger partial charge in [0.05, 0.1) is 16.3 Å². The highest BCUT2D eigenvalue weighted by molar-refractivity contribution is 7.27. The van der Waals surface area contributed by atoms with Crippen molar-refractivity contribution in [2.75, 3.05) is 11.1 Å². The van der Waals surface area contributed by atoms with Crippen LogP contribution in [0.25, 0.3) is 9.40 Å². The SMILES string of the molecule is Nc1ccc(F)cc1NC(=O)c1cc2sccc2s1. The second kappa shape index (κ2) is 4.64. The Bertz CT molecular complexity index is 734. The number of rotatable bonds is 2. The minimum atomic E-state index is -0.434. The second-order valence-electron chi connectivity index (χ2n) is 3.95. The van der Waals surface area contributed by atoms with Crippen LogP contribution in [-0.4, -0.2) is 5.91 Å². The van der Waals surface area contributed by atoms with E-state index in [0.717, 1.165) is 9.40 Å². The highest BCUT2D eigenvalue weighted by atomic mass is 32.1. The van der Waals surface area contributed by atoms with E-state index in [9.17, 15) is 9.18 Å².